The number of nitrogens with one attached hydrogen (secondary N) is 1. The van der Waals surface area contributed by atoms with Crippen LogP contribution < -0.4 is 10.1 Å². The molecule has 6 nitrogen and oxygen atoms in total. The highest BCUT2D eigenvalue weighted by atomic mass is 32.1. The van der Waals surface area contributed by atoms with E-state index in [1.807, 2.05) is 24.3 Å². The van der Waals surface area contributed by atoms with E-state index in [-0.39, 0.29) is 5.91 Å². The van der Waals surface area contributed by atoms with Gasteiger partial charge in [-0.1, -0.05) is 23.5 Å². The quantitative estimate of drug-likeness (QED) is 0.553. The van der Waals surface area contributed by atoms with Crippen molar-refractivity contribution >= 4 is 28.1 Å². The first-order chi connectivity index (χ1) is 13.7. The molecule has 28 heavy (non-hydrogen) atoms. The molecule has 4 rings (SSSR count). The Hall–Kier alpha value is -3.76. The zero-order valence-corrected chi connectivity index (χ0v) is 15.4. The molecule has 1 amide bonds. The Morgan fingerprint density at radius 1 is 1.14 bits per heavy atom. The van der Waals surface area contributed by atoms with Crippen molar-refractivity contribution in [2.75, 3.05) is 0 Å². The summed E-state index contributed by atoms with van der Waals surface area (Å²) in [4.78, 5) is 21.7. The fraction of sp³-hybridized carbons (Fsp3) is 0.0476. The third-order valence-corrected chi connectivity index (χ3v) is 4.86. The molecule has 1 N–H and O–H groups in total. The lowest BCUT2D eigenvalue weighted by Crippen LogP contribution is -2.22. The van der Waals surface area contributed by atoms with Crippen molar-refractivity contribution in [2.45, 2.75) is 6.54 Å². The topological polar surface area (TPSA) is 87.9 Å². The zero-order valence-electron chi connectivity index (χ0n) is 14.6. The van der Waals surface area contributed by atoms with Gasteiger partial charge in [0, 0.05) is 28.2 Å². The highest BCUT2D eigenvalue weighted by Gasteiger charge is 2.09. The van der Waals surface area contributed by atoms with Crippen LogP contribution in [0.5, 0.6) is 10.9 Å². The number of amides is 1. The van der Waals surface area contributed by atoms with Crippen molar-refractivity contribution in [3.05, 3.63) is 83.0 Å². The number of fused-ring (bicyclic) bond motifs is 1. The zero-order chi connectivity index (χ0) is 19.3. The van der Waals surface area contributed by atoms with Gasteiger partial charge in [0.15, 0.2) is 0 Å². The Labute approximate surface area is 165 Å². The minimum absolute atomic E-state index is 0.164. The summed E-state index contributed by atoms with van der Waals surface area (Å²) in [5.41, 5.74) is 1.95. The van der Waals surface area contributed by atoms with Crippen LogP contribution in [0.3, 0.4) is 0 Å². The fourth-order valence-electron chi connectivity index (χ4n) is 2.63. The summed E-state index contributed by atoms with van der Waals surface area (Å²) in [7, 11) is 0. The van der Waals surface area contributed by atoms with Crippen molar-refractivity contribution in [1.82, 2.24) is 15.3 Å². The third kappa shape index (κ3) is 3.98. The van der Waals surface area contributed by atoms with Gasteiger partial charge in [0.2, 0.25) is 0 Å². The van der Waals surface area contributed by atoms with Crippen LogP contribution in [0.15, 0.2) is 67.0 Å². The summed E-state index contributed by atoms with van der Waals surface area (Å²) in [6.07, 6.45) is 3.39. The number of carbonyl (C=O) groups excluding carboxylic acids is 1. The lowest BCUT2D eigenvalue weighted by atomic mass is 10.1. The molecule has 4 aromatic rings. The smallest absolute Gasteiger partial charge is 0.278 e. The Kier molecular flexibility index (Phi) is 4.95. The minimum atomic E-state index is -0.164. The predicted octanol–water partition coefficient (Wildman–Crippen LogP) is 4.29. The molecule has 0 aliphatic rings. The molecule has 7 heteroatoms. The molecule has 136 valence electrons. The second-order valence-corrected chi connectivity index (χ2v) is 7.01. The maximum Gasteiger partial charge on any atom is 0.278 e. The number of carbonyl (C=O) groups is 1. The first-order valence-electron chi connectivity index (χ1n) is 8.47. The molecule has 0 bridgehead atoms. The van der Waals surface area contributed by atoms with Crippen molar-refractivity contribution < 1.29 is 9.53 Å². The SMILES string of the molecule is N#Cc1cccc(Oc2ncc(CNC(=O)c3ccc4ncccc4c3)s2)c1. The molecule has 2 aromatic carbocycles. The molecular formula is C21H14N4O2S. The molecule has 2 aromatic heterocycles. The summed E-state index contributed by atoms with van der Waals surface area (Å²) < 4.78 is 5.68. The molecule has 0 saturated heterocycles. The summed E-state index contributed by atoms with van der Waals surface area (Å²) >= 11 is 1.34. The van der Waals surface area contributed by atoms with Crippen LogP contribution in [0.4, 0.5) is 0 Å². The van der Waals surface area contributed by atoms with Crippen LogP contribution in [0, 0.1) is 11.3 Å². The second-order valence-electron chi connectivity index (χ2n) is 5.93. The molecule has 0 spiro atoms. The molecule has 0 aliphatic carbocycles. The normalized spacial score (nSPS) is 10.4. The van der Waals surface area contributed by atoms with Crippen molar-refractivity contribution in [3.8, 4) is 17.0 Å². The van der Waals surface area contributed by atoms with E-state index in [0.29, 0.717) is 28.6 Å². The van der Waals surface area contributed by atoms with Gasteiger partial charge in [0.05, 0.1) is 23.7 Å². The van der Waals surface area contributed by atoms with Crippen LogP contribution in [-0.2, 0) is 6.54 Å². The number of pyridine rings is 1. The van der Waals surface area contributed by atoms with Gasteiger partial charge in [0.25, 0.3) is 11.1 Å². The van der Waals surface area contributed by atoms with E-state index in [4.69, 9.17) is 10.00 Å². The van der Waals surface area contributed by atoms with Crippen LogP contribution in [0.2, 0.25) is 0 Å². The van der Waals surface area contributed by atoms with Gasteiger partial charge in [-0.15, -0.1) is 0 Å². The number of nitrogens with zero attached hydrogens (tertiary/aromatic N) is 3. The Morgan fingerprint density at radius 3 is 2.96 bits per heavy atom. The molecule has 0 radical (unpaired) electrons. The van der Waals surface area contributed by atoms with Gasteiger partial charge in [-0.05, 0) is 42.5 Å². The highest BCUT2D eigenvalue weighted by Crippen LogP contribution is 2.27. The number of hydrogen-bond acceptors (Lipinski definition) is 6. The molecule has 0 atom stereocenters. The average molecular weight is 386 g/mol. The summed E-state index contributed by atoms with van der Waals surface area (Å²) in [5, 5.41) is 13.2. The first kappa shape index (κ1) is 17.6. The van der Waals surface area contributed by atoms with Gasteiger partial charge >= 0.3 is 0 Å². The average Bonchev–Trinajstić information content (AvgIpc) is 3.19. The Morgan fingerprint density at radius 2 is 2.07 bits per heavy atom. The van der Waals surface area contributed by atoms with E-state index in [1.54, 1.807) is 42.7 Å². The van der Waals surface area contributed by atoms with Crippen molar-refractivity contribution in [2.24, 2.45) is 0 Å². The number of aromatic nitrogens is 2. The summed E-state index contributed by atoms with van der Waals surface area (Å²) in [6, 6.07) is 18.1. The molecule has 0 fully saturated rings. The van der Waals surface area contributed by atoms with Gasteiger partial charge in [-0.3, -0.25) is 9.78 Å². The van der Waals surface area contributed by atoms with Gasteiger partial charge in [0.1, 0.15) is 5.75 Å². The van der Waals surface area contributed by atoms with Crippen LogP contribution in [0.1, 0.15) is 20.8 Å². The van der Waals surface area contributed by atoms with Crippen LogP contribution in [-0.4, -0.2) is 15.9 Å². The van der Waals surface area contributed by atoms with Crippen molar-refractivity contribution in [3.63, 3.8) is 0 Å². The lowest BCUT2D eigenvalue weighted by molar-refractivity contribution is 0.0951. The van der Waals surface area contributed by atoms with E-state index in [0.717, 1.165) is 15.8 Å². The monoisotopic (exact) mass is 386 g/mol. The maximum absolute atomic E-state index is 12.4. The van der Waals surface area contributed by atoms with Gasteiger partial charge in [-0.25, -0.2) is 4.98 Å². The standard InChI is InChI=1S/C21H14N4O2S/c22-11-14-3-1-5-17(9-14)27-21-25-13-18(28-21)12-24-20(26)16-6-7-19-15(10-16)4-2-8-23-19/h1-10,13H,12H2,(H,24,26). The fourth-order valence-corrected chi connectivity index (χ4v) is 3.35. The molecular weight excluding hydrogens is 372 g/mol. The number of nitriles is 1. The van der Waals surface area contributed by atoms with E-state index >= 15 is 0 Å². The molecule has 0 unspecified atom stereocenters. The third-order valence-electron chi connectivity index (χ3n) is 3.99. The largest absolute Gasteiger partial charge is 0.431 e. The van der Waals surface area contributed by atoms with E-state index in [9.17, 15) is 4.79 Å². The predicted molar refractivity (Wildman–Crippen MR) is 106 cm³/mol. The number of thiazole rings is 1. The van der Waals surface area contributed by atoms with Crippen LogP contribution in [0.25, 0.3) is 10.9 Å². The lowest BCUT2D eigenvalue weighted by Gasteiger charge is -2.05. The highest BCUT2D eigenvalue weighted by molar-refractivity contribution is 7.13. The maximum atomic E-state index is 12.4. The van der Waals surface area contributed by atoms with Crippen LogP contribution >= 0.6 is 11.3 Å². The molecule has 2 heterocycles. The van der Waals surface area contributed by atoms with E-state index in [2.05, 4.69) is 21.4 Å². The summed E-state index contributed by atoms with van der Waals surface area (Å²) in [5.74, 6) is 0.386. The van der Waals surface area contributed by atoms with E-state index in [1.165, 1.54) is 11.3 Å². The first-order valence-corrected chi connectivity index (χ1v) is 9.28. The Bertz CT molecular complexity index is 1200. The van der Waals surface area contributed by atoms with E-state index < -0.39 is 0 Å². The van der Waals surface area contributed by atoms with Gasteiger partial charge in [-0.2, -0.15) is 5.26 Å². The number of ether oxygens (including phenoxy) is 1. The number of benzene rings is 2. The summed E-state index contributed by atoms with van der Waals surface area (Å²) in [6.45, 7) is 0.350. The minimum Gasteiger partial charge on any atom is -0.431 e. The van der Waals surface area contributed by atoms with Crippen molar-refractivity contribution in [1.29, 1.82) is 5.26 Å². The molecule has 0 saturated carbocycles. The van der Waals surface area contributed by atoms with Gasteiger partial charge < -0.3 is 10.1 Å². The Balaban J connectivity index is 1.39. The molecule has 0 aliphatic heterocycles. The number of rotatable bonds is 5. The number of hydrogen-bond donors (Lipinski definition) is 1. The second kappa shape index (κ2) is 7.86.